The zero-order chi connectivity index (χ0) is 13.0. The molecule has 100 valence electrons. The second-order valence-electron chi connectivity index (χ2n) is 5.24. The fraction of sp³-hybridized carbons (Fsp3) is 0.714. The first kappa shape index (κ1) is 13.1. The Morgan fingerprint density at radius 2 is 2.06 bits per heavy atom. The summed E-state index contributed by atoms with van der Waals surface area (Å²) in [5, 5.41) is 6.83. The summed E-state index contributed by atoms with van der Waals surface area (Å²) in [5.74, 6) is 3.50. The lowest BCUT2D eigenvalue weighted by Gasteiger charge is -2.32. The van der Waals surface area contributed by atoms with Crippen LogP contribution in [0.5, 0.6) is 0 Å². The van der Waals surface area contributed by atoms with Gasteiger partial charge < -0.3 is 10.6 Å². The Bertz CT molecular complexity index is 387. The third-order valence-electron chi connectivity index (χ3n) is 3.63. The van der Waals surface area contributed by atoms with Gasteiger partial charge in [-0.1, -0.05) is 13.3 Å². The summed E-state index contributed by atoms with van der Waals surface area (Å²) in [5.41, 5.74) is 0. The maximum Gasteiger partial charge on any atom is 0.132 e. The first-order chi connectivity index (χ1) is 8.69. The molecule has 0 aromatic carbocycles. The highest BCUT2D eigenvalue weighted by atomic mass is 15.1. The van der Waals surface area contributed by atoms with Crippen LogP contribution in [0.2, 0.25) is 0 Å². The molecule has 1 aromatic rings. The molecule has 2 N–H and O–H groups in total. The van der Waals surface area contributed by atoms with Crippen LogP contribution < -0.4 is 10.6 Å². The van der Waals surface area contributed by atoms with Gasteiger partial charge in [0.1, 0.15) is 17.5 Å². The molecule has 0 amide bonds. The van der Waals surface area contributed by atoms with E-state index in [4.69, 9.17) is 0 Å². The average Bonchev–Trinajstić information content (AvgIpc) is 2.22. The maximum absolute atomic E-state index is 4.46. The number of hydrogen-bond acceptors (Lipinski definition) is 4. The number of aromatic nitrogens is 2. The van der Waals surface area contributed by atoms with Gasteiger partial charge in [-0.2, -0.15) is 0 Å². The number of nitrogens with zero attached hydrogens (tertiary/aromatic N) is 2. The molecule has 1 heterocycles. The van der Waals surface area contributed by atoms with Crippen LogP contribution in [0.4, 0.5) is 11.6 Å². The third-order valence-corrected chi connectivity index (χ3v) is 3.63. The van der Waals surface area contributed by atoms with E-state index in [1.54, 1.807) is 0 Å². The van der Waals surface area contributed by atoms with Crippen molar-refractivity contribution in [1.29, 1.82) is 0 Å². The van der Waals surface area contributed by atoms with Gasteiger partial charge in [0, 0.05) is 18.7 Å². The van der Waals surface area contributed by atoms with E-state index in [9.17, 15) is 0 Å². The van der Waals surface area contributed by atoms with Crippen molar-refractivity contribution in [3.8, 4) is 0 Å². The second kappa shape index (κ2) is 6.03. The Hall–Kier alpha value is -1.32. The lowest BCUT2D eigenvalue weighted by Crippen LogP contribution is -2.31. The number of anilines is 2. The summed E-state index contributed by atoms with van der Waals surface area (Å²) in [6.07, 6.45) is 5.17. The SMILES string of the molecule is CCCNc1cc(NC(C)C2CCC2)nc(C)n1. The molecule has 1 fully saturated rings. The van der Waals surface area contributed by atoms with Crippen molar-refractivity contribution in [3.05, 3.63) is 11.9 Å². The minimum atomic E-state index is 0.507. The molecule has 0 bridgehead atoms. The lowest BCUT2D eigenvalue weighted by atomic mass is 9.80. The Labute approximate surface area is 110 Å². The molecule has 1 aliphatic rings. The van der Waals surface area contributed by atoms with Gasteiger partial charge in [0.25, 0.3) is 0 Å². The Balaban J connectivity index is 1.99. The summed E-state index contributed by atoms with van der Waals surface area (Å²) < 4.78 is 0. The quantitative estimate of drug-likeness (QED) is 0.811. The smallest absolute Gasteiger partial charge is 0.132 e. The second-order valence-corrected chi connectivity index (χ2v) is 5.24. The zero-order valence-corrected chi connectivity index (χ0v) is 11.7. The summed E-state index contributed by atoms with van der Waals surface area (Å²) in [7, 11) is 0. The van der Waals surface area contributed by atoms with E-state index in [-0.39, 0.29) is 0 Å². The molecule has 1 saturated carbocycles. The number of hydrogen-bond donors (Lipinski definition) is 2. The predicted octanol–water partition coefficient (Wildman–Crippen LogP) is 3.21. The highest BCUT2D eigenvalue weighted by molar-refractivity contribution is 5.48. The van der Waals surface area contributed by atoms with Gasteiger partial charge in [-0.15, -0.1) is 0 Å². The standard InChI is InChI=1S/C14H24N4/c1-4-8-15-13-9-14(18-11(3)17-13)16-10(2)12-6-5-7-12/h9-10,12H,4-8H2,1-3H3,(H2,15,16,17,18). The van der Waals surface area contributed by atoms with Gasteiger partial charge in [0.05, 0.1) is 0 Å². The van der Waals surface area contributed by atoms with Crippen molar-refractivity contribution in [2.75, 3.05) is 17.2 Å². The highest BCUT2D eigenvalue weighted by Gasteiger charge is 2.24. The number of nitrogens with one attached hydrogen (secondary N) is 2. The molecule has 0 saturated heterocycles. The predicted molar refractivity (Wildman–Crippen MR) is 76.0 cm³/mol. The Morgan fingerprint density at radius 3 is 2.67 bits per heavy atom. The first-order valence-corrected chi connectivity index (χ1v) is 7.05. The van der Waals surface area contributed by atoms with Gasteiger partial charge in [-0.05, 0) is 39.0 Å². The molecular weight excluding hydrogens is 224 g/mol. The monoisotopic (exact) mass is 248 g/mol. The topological polar surface area (TPSA) is 49.8 Å². The molecule has 4 nitrogen and oxygen atoms in total. The van der Waals surface area contributed by atoms with Crippen LogP contribution >= 0.6 is 0 Å². The van der Waals surface area contributed by atoms with E-state index >= 15 is 0 Å². The molecule has 2 rings (SSSR count). The van der Waals surface area contributed by atoms with Crippen LogP contribution in [-0.4, -0.2) is 22.6 Å². The van der Waals surface area contributed by atoms with E-state index in [0.717, 1.165) is 36.3 Å². The number of aryl methyl sites for hydroxylation is 1. The fourth-order valence-electron chi connectivity index (χ4n) is 2.28. The van der Waals surface area contributed by atoms with E-state index < -0.39 is 0 Å². The highest BCUT2D eigenvalue weighted by Crippen LogP contribution is 2.30. The molecule has 1 unspecified atom stereocenters. The molecule has 1 atom stereocenters. The van der Waals surface area contributed by atoms with Crippen LogP contribution in [0.3, 0.4) is 0 Å². The maximum atomic E-state index is 4.46. The van der Waals surface area contributed by atoms with Crippen LogP contribution in [0.1, 0.15) is 45.4 Å². The summed E-state index contributed by atoms with van der Waals surface area (Å²) in [6.45, 7) is 7.30. The van der Waals surface area contributed by atoms with E-state index in [2.05, 4.69) is 34.4 Å². The molecule has 4 heteroatoms. The van der Waals surface area contributed by atoms with E-state index in [1.165, 1.54) is 19.3 Å². The lowest BCUT2D eigenvalue weighted by molar-refractivity contribution is 0.285. The van der Waals surface area contributed by atoms with Crippen molar-refractivity contribution < 1.29 is 0 Å². The van der Waals surface area contributed by atoms with Gasteiger partial charge >= 0.3 is 0 Å². The minimum Gasteiger partial charge on any atom is -0.370 e. The van der Waals surface area contributed by atoms with Crippen LogP contribution in [0.25, 0.3) is 0 Å². The van der Waals surface area contributed by atoms with Crippen LogP contribution in [-0.2, 0) is 0 Å². The van der Waals surface area contributed by atoms with Gasteiger partial charge in [-0.3, -0.25) is 0 Å². The molecule has 1 aliphatic carbocycles. The first-order valence-electron chi connectivity index (χ1n) is 7.05. The normalized spacial score (nSPS) is 17.1. The van der Waals surface area contributed by atoms with Gasteiger partial charge in [0.2, 0.25) is 0 Å². The third kappa shape index (κ3) is 3.34. The molecular formula is C14H24N4. The molecule has 1 aromatic heterocycles. The summed E-state index contributed by atoms with van der Waals surface area (Å²) in [6, 6.07) is 2.52. The van der Waals surface area contributed by atoms with Crippen molar-refractivity contribution >= 4 is 11.6 Å². The van der Waals surface area contributed by atoms with Crippen molar-refractivity contribution in [1.82, 2.24) is 9.97 Å². The van der Waals surface area contributed by atoms with Crippen molar-refractivity contribution in [2.45, 2.75) is 52.5 Å². The van der Waals surface area contributed by atoms with E-state index in [0.29, 0.717) is 6.04 Å². The molecule has 0 spiro atoms. The minimum absolute atomic E-state index is 0.507. The van der Waals surface area contributed by atoms with Crippen LogP contribution in [0.15, 0.2) is 6.07 Å². The van der Waals surface area contributed by atoms with E-state index in [1.807, 2.05) is 13.0 Å². The molecule has 18 heavy (non-hydrogen) atoms. The molecule has 0 radical (unpaired) electrons. The van der Waals surface area contributed by atoms with Gasteiger partial charge in [0.15, 0.2) is 0 Å². The summed E-state index contributed by atoms with van der Waals surface area (Å²) >= 11 is 0. The zero-order valence-electron chi connectivity index (χ0n) is 11.7. The largest absolute Gasteiger partial charge is 0.370 e. The van der Waals surface area contributed by atoms with Crippen molar-refractivity contribution in [2.24, 2.45) is 5.92 Å². The average molecular weight is 248 g/mol. The number of rotatable bonds is 6. The summed E-state index contributed by atoms with van der Waals surface area (Å²) in [4.78, 5) is 8.86. The Kier molecular flexibility index (Phi) is 4.39. The van der Waals surface area contributed by atoms with Crippen molar-refractivity contribution in [3.63, 3.8) is 0 Å². The molecule has 0 aliphatic heterocycles. The Morgan fingerprint density at radius 1 is 1.33 bits per heavy atom. The van der Waals surface area contributed by atoms with Crippen LogP contribution in [0, 0.1) is 12.8 Å². The fourth-order valence-corrected chi connectivity index (χ4v) is 2.28. The van der Waals surface area contributed by atoms with Gasteiger partial charge in [-0.25, -0.2) is 9.97 Å².